The third-order valence-electron chi connectivity index (χ3n) is 5.19. The van der Waals surface area contributed by atoms with E-state index in [1.54, 1.807) is 30.3 Å². The molecule has 2 heterocycles. The van der Waals surface area contributed by atoms with Gasteiger partial charge in [-0.2, -0.15) is 13.2 Å². The molecule has 0 aliphatic carbocycles. The van der Waals surface area contributed by atoms with E-state index in [4.69, 9.17) is 21.1 Å². The van der Waals surface area contributed by atoms with Crippen LogP contribution in [0.5, 0.6) is 5.75 Å². The Labute approximate surface area is 206 Å². The average Bonchev–Trinajstić information content (AvgIpc) is 3.13. The van der Waals surface area contributed by atoms with Crippen molar-refractivity contribution in [2.24, 2.45) is 4.99 Å². The fourth-order valence-corrected chi connectivity index (χ4v) is 4.78. The van der Waals surface area contributed by atoms with Crippen molar-refractivity contribution in [1.29, 1.82) is 0 Å². The molecule has 0 fully saturated rings. The van der Waals surface area contributed by atoms with Crippen LogP contribution < -0.4 is 19.6 Å². The monoisotopic (exact) mass is 522 g/mol. The second-order valence-electron chi connectivity index (χ2n) is 7.39. The molecule has 1 aromatic heterocycles. The van der Waals surface area contributed by atoms with Crippen LogP contribution in [0.15, 0.2) is 69.6 Å². The number of ether oxygens (including phenoxy) is 2. The highest BCUT2D eigenvalue weighted by molar-refractivity contribution is 7.07. The Bertz CT molecular complexity index is 1470. The van der Waals surface area contributed by atoms with E-state index < -0.39 is 35.0 Å². The van der Waals surface area contributed by atoms with E-state index in [-0.39, 0.29) is 21.5 Å². The molecule has 2 aromatic carbocycles. The van der Waals surface area contributed by atoms with E-state index in [2.05, 4.69) is 4.99 Å². The number of thiazole rings is 1. The number of carbonyl (C=O) groups excluding carboxylic acids is 1. The lowest BCUT2D eigenvalue weighted by molar-refractivity contribution is -0.140. The van der Waals surface area contributed by atoms with Crippen LogP contribution >= 0.6 is 22.9 Å². The highest BCUT2D eigenvalue weighted by Gasteiger charge is 2.45. The van der Waals surface area contributed by atoms with E-state index in [0.717, 1.165) is 15.9 Å². The number of hydrogen-bond acceptors (Lipinski definition) is 6. The normalized spacial score (nSPS) is 16.1. The van der Waals surface area contributed by atoms with Gasteiger partial charge in [0.1, 0.15) is 5.75 Å². The van der Waals surface area contributed by atoms with Gasteiger partial charge in [-0.3, -0.25) is 9.36 Å². The quantitative estimate of drug-likeness (QED) is 0.475. The minimum atomic E-state index is -4.96. The van der Waals surface area contributed by atoms with Crippen LogP contribution in [0.1, 0.15) is 24.1 Å². The number of alkyl halides is 3. The molecule has 35 heavy (non-hydrogen) atoms. The summed E-state index contributed by atoms with van der Waals surface area (Å²) in [6.07, 6.45) is -3.42. The fraction of sp³-hybridized carbons (Fsp3) is 0.208. The van der Waals surface area contributed by atoms with Crippen LogP contribution in [0, 0.1) is 0 Å². The van der Waals surface area contributed by atoms with Gasteiger partial charge in [0, 0.05) is 5.02 Å². The van der Waals surface area contributed by atoms with Crippen LogP contribution in [0.3, 0.4) is 0 Å². The number of benzene rings is 2. The molecule has 0 bridgehead atoms. The Morgan fingerprint density at radius 1 is 1.17 bits per heavy atom. The summed E-state index contributed by atoms with van der Waals surface area (Å²) in [5.41, 5.74) is -1.85. The van der Waals surface area contributed by atoms with E-state index in [0.29, 0.717) is 16.3 Å². The van der Waals surface area contributed by atoms with E-state index in [9.17, 15) is 22.8 Å². The van der Waals surface area contributed by atoms with Gasteiger partial charge in [0.25, 0.3) is 5.56 Å². The molecule has 0 spiro atoms. The van der Waals surface area contributed by atoms with Crippen molar-refractivity contribution in [2.45, 2.75) is 19.1 Å². The summed E-state index contributed by atoms with van der Waals surface area (Å²) in [4.78, 5) is 29.8. The maximum absolute atomic E-state index is 14.1. The van der Waals surface area contributed by atoms with Crippen molar-refractivity contribution in [3.05, 3.63) is 95.6 Å². The molecular weight excluding hydrogens is 505 g/mol. The smallest absolute Gasteiger partial charge is 0.434 e. The molecule has 0 amide bonds. The number of fused-ring (bicyclic) bond motifs is 1. The fourth-order valence-electron chi connectivity index (χ4n) is 3.65. The molecule has 4 rings (SSSR count). The van der Waals surface area contributed by atoms with Crippen molar-refractivity contribution in [3.8, 4) is 5.75 Å². The third kappa shape index (κ3) is 4.89. The van der Waals surface area contributed by atoms with E-state index in [1.165, 1.54) is 38.3 Å². The van der Waals surface area contributed by atoms with Crippen molar-refractivity contribution in [2.75, 3.05) is 13.7 Å². The Kier molecular flexibility index (Phi) is 6.86. The lowest BCUT2D eigenvalue weighted by Crippen LogP contribution is -2.41. The summed E-state index contributed by atoms with van der Waals surface area (Å²) in [5, 5.41) is 0.346. The van der Waals surface area contributed by atoms with Crippen LogP contribution in [0.2, 0.25) is 5.02 Å². The summed E-state index contributed by atoms with van der Waals surface area (Å²) in [7, 11) is 1.52. The second kappa shape index (κ2) is 9.71. The van der Waals surface area contributed by atoms with Gasteiger partial charge in [-0.15, -0.1) is 0 Å². The van der Waals surface area contributed by atoms with Crippen molar-refractivity contribution in [1.82, 2.24) is 4.57 Å². The minimum Gasteiger partial charge on any atom is -0.497 e. The van der Waals surface area contributed by atoms with Crippen molar-refractivity contribution >= 4 is 35.0 Å². The Hall–Kier alpha value is -3.37. The molecule has 0 unspecified atom stereocenters. The first-order chi connectivity index (χ1) is 16.6. The number of esters is 1. The molecule has 11 heteroatoms. The average molecular weight is 523 g/mol. The van der Waals surface area contributed by atoms with Crippen molar-refractivity contribution < 1.29 is 27.4 Å². The molecule has 1 aliphatic rings. The molecule has 1 atom stereocenters. The van der Waals surface area contributed by atoms with E-state index >= 15 is 0 Å². The summed E-state index contributed by atoms with van der Waals surface area (Å²) >= 11 is 6.77. The van der Waals surface area contributed by atoms with Gasteiger partial charge in [-0.1, -0.05) is 47.2 Å². The SMILES string of the molecule is CCOC(=O)C1=C(C(F)(F)F)N=c2s/c(=C\c3ccc(OC)cc3)c(=O)n2[C@H]1c1ccc(Cl)cc1. The zero-order valence-electron chi connectivity index (χ0n) is 18.4. The van der Waals surface area contributed by atoms with Crippen molar-refractivity contribution in [3.63, 3.8) is 0 Å². The molecule has 182 valence electrons. The number of halogens is 4. The number of rotatable bonds is 5. The number of nitrogens with zero attached hydrogens (tertiary/aromatic N) is 2. The third-order valence-corrected chi connectivity index (χ3v) is 6.43. The van der Waals surface area contributed by atoms with Gasteiger partial charge >= 0.3 is 12.1 Å². The number of methoxy groups -OCH3 is 1. The standard InChI is InChI=1S/C24H18ClF3N2O4S/c1-3-34-22(32)18-19(14-6-8-15(25)9-7-14)30-21(31)17(12-13-4-10-16(33-2)11-5-13)35-23(30)29-20(18)24(26,27)28/h4-12,19H,3H2,1-2H3/b17-12-/t19-/m0/s1. The van der Waals surface area contributed by atoms with Gasteiger partial charge in [-0.25, -0.2) is 9.79 Å². The maximum Gasteiger partial charge on any atom is 0.434 e. The summed E-state index contributed by atoms with van der Waals surface area (Å²) < 4.78 is 53.6. The zero-order chi connectivity index (χ0) is 25.3. The van der Waals surface area contributed by atoms with Gasteiger partial charge in [0.2, 0.25) is 0 Å². The molecule has 0 saturated carbocycles. The Morgan fingerprint density at radius 3 is 2.40 bits per heavy atom. The van der Waals surface area contributed by atoms with Crippen LogP contribution in [-0.2, 0) is 9.53 Å². The molecule has 0 N–H and O–H groups in total. The van der Waals surface area contributed by atoms with Crippen LogP contribution in [-0.4, -0.2) is 30.4 Å². The maximum atomic E-state index is 14.1. The van der Waals surface area contributed by atoms with Gasteiger partial charge in [-0.05, 0) is 48.4 Å². The largest absolute Gasteiger partial charge is 0.497 e. The number of allylic oxidation sites excluding steroid dienone is 1. The first-order valence-electron chi connectivity index (χ1n) is 10.3. The Balaban J connectivity index is 2.01. The summed E-state index contributed by atoms with van der Waals surface area (Å²) in [6, 6.07) is 11.3. The number of hydrogen-bond donors (Lipinski definition) is 0. The Morgan fingerprint density at radius 2 is 1.83 bits per heavy atom. The number of aromatic nitrogens is 1. The van der Waals surface area contributed by atoms with Gasteiger partial charge < -0.3 is 9.47 Å². The topological polar surface area (TPSA) is 69.9 Å². The molecule has 0 saturated heterocycles. The lowest BCUT2D eigenvalue weighted by Gasteiger charge is -2.26. The minimum absolute atomic E-state index is 0.150. The molecular formula is C24H18ClF3N2O4S. The molecule has 3 aromatic rings. The van der Waals surface area contributed by atoms with Gasteiger partial charge in [0.05, 0.1) is 29.9 Å². The highest BCUT2D eigenvalue weighted by Crippen LogP contribution is 2.38. The zero-order valence-corrected chi connectivity index (χ0v) is 20.0. The molecule has 6 nitrogen and oxygen atoms in total. The predicted octanol–water partition coefficient (Wildman–Crippen LogP) is 4.00. The van der Waals surface area contributed by atoms with Crippen LogP contribution in [0.4, 0.5) is 13.2 Å². The first kappa shape index (κ1) is 24.7. The predicted molar refractivity (Wildman–Crippen MR) is 125 cm³/mol. The number of carbonyl (C=O) groups is 1. The summed E-state index contributed by atoms with van der Waals surface area (Å²) in [6.45, 7) is 1.33. The lowest BCUT2D eigenvalue weighted by atomic mass is 9.95. The van der Waals surface area contributed by atoms with Crippen LogP contribution in [0.25, 0.3) is 6.08 Å². The summed E-state index contributed by atoms with van der Waals surface area (Å²) in [5.74, 6) is -0.590. The first-order valence-corrected chi connectivity index (χ1v) is 11.5. The molecule has 1 aliphatic heterocycles. The van der Waals surface area contributed by atoms with E-state index in [1.807, 2.05) is 0 Å². The van der Waals surface area contributed by atoms with Gasteiger partial charge in [0.15, 0.2) is 10.5 Å². The second-order valence-corrected chi connectivity index (χ2v) is 8.83. The molecule has 0 radical (unpaired) electrons. The highest BCUT2D eigenvalue weighted by atomic mass is 35.5.